The van der Waals surface area contributed by atoms with Gasteiger partial charge in [0.25, 0.3) is 5.91 Å². The molecule has 0 bridgehead atoms. The maximum atomic E-state index is 14.8. The molecule has 0 saturated carbocycles. The molecular weight excluding hydrogens is 596 g/mol. The molecule has 2 saturated heterocycles. The first-order chi connectivity index (χ1) is 18.5. The molecule has 5 rings (SSSR count). The Morgan fingerprint density at radius 2 is 1.65 bits per heavy atom. The third-order valence-electron chi connectivity index (χ3n) is 8.10. The Bertz CT molecular complexity index is 1420. The number of amides is 2. The topological polar surface area (TPSA) is 90.0 Å². The van der Waals surface area contributed by atoms with Crippen LogP contribution in [0, 0.1) is 22.7 Å². The minimum Gasteiger partial charge on any atom is -0.481 e. The number of halogens is 4. The van der Waals surface area contributed by atoms with Crippen molar-refractivity contribution in [1.82, 2.24) is 4.90 Å². The van der Waals surface area contributed by atoms with E-state index in [0.29, 0.717) is 39.9 Å². The van der Waals surface area contributed by atoms with E-state index in [1.54, 1.807) is 29.2 Å². The molecule has 3 heterocycles. The molecule has 0 aliphatic carbocycles. The van der Waals surface area contributed by atoms with Gasteiger partial charge in [0.15, 0.2) is 0 Å². The fourth-order valence-corrected chi connectivity index (χ4v) is 7.95. The van der Waals surface area contributed by atoms with Gasteiger partial charge in [-0.25, -0.2) is 0 Å². The number of nitrogens with zero attached hydrogens (tertiary/aromatic N) is 2. The summed E-state index contributed by atoms with van der Waals surface area (Å²) >= 11 is 25.6. The second-order valence-electron chi connectivity index (χ2n) is 13.0. The predicted octanol–water partition coefficient (Wildman–Crippen LogP) is 6.96. The van der Waals surface area contributed by atoms with Gasteiger partial charge in [-0.2, -0.15) is 0 Å². The van der Waals surface area contributed by atoms with Crippen molar-refractivity contribution in [3.05, 3.63) is 56.0 Å². The Balaban J connectivity index is 1.74. The maximum Gasteiger partial charge on any atom is 0.310 e. The first-order valence-corrected chi connectivity index (χ1v) is 14.6. The number of carboxylic acids is 1. The average molecular weight is 627 g/mol. The van der Waals surface area contributed by atoms with Gasteiger partial charge in [-0.3, -0.25) is 19.3 Å². The standard InChI is InChI=1S/C29H31Cl4N3O4/c1-27(2,3)12-35(17-7-14(30)6-15(31)8-17)24(37)21-20-11-28(4,5)13-36(20)29(22(21)25(38)39)18-9-16(32)10-19(33)23(18)34-26(29)40/h6-10,20-22H,11-13H2,1-5H3,(H,34,40)(H,38,39). The van der Waals surface area contributed by atoms with Crippen LogP contribution in [0.25, 0.3) is 0 Å². The normalized spacial score (nSPS) is 27.0. The number of benzene rings is 2. The van der Waals surface area contributed by atoms with E-state index in [0.717, 1.165) is 0 Å². The first kappa shape index (κ1) is 29.5. The second kappa shape index (κ2) is 9.77. The second-order valence-corrected chi connectivity index (χ2v) is 14.8. The van der Waals surface area contributed by atoms with E-state index in [4.69, 9.17) is 46.4 Å². The highest BCUT2D eigenvalue weighted by Crippen LogP contribution is 2.61. The van der Waals surface area contributed by atoms with Crippen molar-refractivity contribution >= 4 is 75.6 Å². The van der Waals surface area contributed by atoms with Gasteiger partial charge in [0, 0.05) is 45.5 Å². The number of carbonyl (C=O) groups is 3. The van der Waals surface area contributed by atoms with Crippen molar-refractivity contribution in [3.8, 4) is 0 Å². The van der Waals surface area contributed by atoms with Crippen LogP contribution < -0.4 is 10.2 Å². The number of carboxylic acid groups (broad SMARTS) is 1. The molecule has 214 valence electrons. The van der Waals surface area contributed by atoms with Crippen LogP contribution in [-0.4, -0.2) is 46.9 Å². The van der Waals surface area contributed by atoms with E-state index in [1.807, 2.05) is 25.7 Å². The molecule has 3 aliphatic heterocycles. The summed E-state index contributed by atoms with van der Waals surface area (Å²) in [5.74, 6) is -4.64. The van der Waals surface area contributed by atoms with Crippen molar-refractivity contribution in [2.45, 2.75) is 52.6 Å². The minimum atomic E-state index is -1.67. The summed E-state index contributed by atoms with van der Waals surface area (Å²) < 4.78 is 0. The van der Waals surface area contributed by atoms with Gasteiger partial charge < -0.3 is 15.3 Å². The molecule has 4 unspecified atom stereocenters. The van der Waals surface area contributed by atoms with Crippen LogP contribution in [0.1, 0.15) is 46.6 Å². The van der Waals surface area contributed by atoms with E-state index in [-0.39, 0.29) is 27.4 Å². The van der Waals surface area contributed by atoms with Gasteiger partial charge in [-0.1, -0.05) is 81.0 Å². The molecule has 4 atom stereocenters. The van der Waals surface area contributed by atoms with E-state index >= 15 is 0 Å². The Morgan fingerprint density at radius 1 is 1.05 bits per heavy atom. The highest BCUT2D eigenvalue weighted by atomic mass is 35.5. The molecule has 11 heteroatoms. The van der Waals surface area contributed by atoms with E-state index in [2.05, 4.69) is 19.2 Å². The molecule has 1 spiro atoms. The largest absolute Gasteiger partial charge is 0.481 e. The predicted molar refractivity (Wildman–Crippen MR) is 159 cm³/mol. The third kappa shape index (κ3) is 4.68. The molecular formula is C29H31Cl4N3O4. The van der Waals surface area contributed by atoms with Crippen LogP contribution in [0.15, 0.2) is 30.3 Å². The number of anilines is 2. The summed E-state index contributed by atoms with van der Waals surface area (Å²) in [5.41, 5.74) is -1.14. The van der Waals surface area contributed by atoms with Gasteiger partial charge in [0.1, 0.15) is 11.5 Å². The highest BCUT2D eigenvalue weighted by Gasteiger charge is 2.73. The smallest absolute Gasteiger partial charge is 0.310 e. The maximum absolute atomic E-state index is 14.8. The summed E-state index contributed by atoms with van der Waals surface area (Å²) in [6, 6.07) is 7.43. The van der Waals surface area contributed by atoms with Crippen LogP contribution in [-0.2, 0) is 19.9 Å². The number of nitrogens with one attached hydrogen (secondary N) is 1. The van der Waals surface area contributed by atoms with Crippen molar-refractivity contribution < 1.29 is 19.5 Å². The number of hydrogen-bond acceptors (Lipinski definition) is 4. The van der Waals surface area contributed by atoms with Crippen molar-refractivity contribution in [2.24, 2.45) is 22.7 Å². The Morgan fingerprint density at radius 3 is 2.23 bits per heavy atom. The van der Waals surface area contributed by atoms with Gasteiger partial charge in [-0.05, 0) is 47.6 Å². The van der Waals surface area contributed by atoms with Crippen LogP contribution in [0.3, 0.4) is 0 Å². The number of carbonyl (C=O) groups excluding carboxylic acids is 2. The van der Waals surface area contributed by atoms with Crippen LogP contribution in [0.4, 0.5) is 11.4 Å². The average Bonchev–Trinajstić information content (AvgIpc) is 3.37. The van der Waals surface area contributed by atoms with Gasteiger partial charge in [-0.15, -0.1) is 0 Å². The number of fused-ring (bicyclic) bond motifs is 4. The van der Waals surface area contributed by atoms with Crippen LogP contribution in [0.5, 0.6) is 0 Å². The molecule has 3 aliphatic rings. The van der Waals surface area contributed by atoms with Crippen molar-refractivity contribution in [3.63, 3.8) is 0 Å². The number of hydrogen-bond donors (Lipinski definition) is 2. The lowest BCUT2D eigenvalue weighted by molar-refractivity contribution is -0.152. The fraction of sp³-hybridized carbons (Fsp3) is 0.483. The summed E-state index contributed by atoms with van der Waals surface area (Å²) in [5, 5.41) is 14.8. The number of aliphatic carboxylic acids is 1. The summed E-state index contributed by atoms with van der Waals surface area (Å²) in [7, 11) is 0. The molecule has 2 aromatic rings. The monoisotopic (exact) mass is 625 g/mol. The zero-order chi connectivity index (χ0) is 29.5. The Labute approximate surface area is 253 Å². The molecule has 7 nitrogen and oxygen atoms in total. The zero-order valence-corrected chi connectivity index (χ0v) is 25.8. The lowest BCUT2D eigenvalue weighted by Crippen LogP contribution is -2.54. The zero-order valence-electron chi connectivity index (χ0n) is 22.8. The van der Waals surface area contributed by atoms with E-state index < -0.39 is 41.2 Å². The van der Waals surface area contributed by atoms with Crippen molar-refractivity contribution in [1.29, 1.82) is 0 Å². The quantitative estimate of drug-likeness (QED) is 0.383. The lowest BCUT2D eigenvalue weighted by Gasteiger charge is -2.37. The van der Waals surface area contributed by atoms with Crippen LogP contribution >= 0.6 is 46.4 Å². The minimum absolute atomic E-state index is 0.213. The number of rotatable bonds is 4. The molecule has 2 amide bonds. The molecule has 0 aromatic heterocycles. The SMILES string of the molecule is CC(C)(C)CN(C(=O)C1C2CC(C)(C)CN2C2(C(=O)Nc3c(Cl)cc(Cl)cc32)C1C(=O)O)c1cc(Cl)cc(Cl)c1. The van der Waals surface area contributed by atoms with Crippen LogP contribution in [0.2, 0.25) is 20.1 Å². The molecule has 2 aromatic carbocycles. The summed E-state index contributed by atoms with van der Waals surface area (Å²) in [4.78, 5) is 45.5. The first-order valence-electron chi connectivity index (χ1n) is 13.0. The third-order valence-corrected chi connectivity index (χ3v) is 9.05. The van der Waals surface area contributed by atoms with E-state index in [1.165, 1.54) is 6.07 Å². The lowest BCUT2D eigenvalue weighted by atomic mass is 9.71. The van der Waals surface area contributed by atoms with Crippen molar-refractivity contribution in [2.75, 3.05) is 23.3 Å². The molecule has 2 N–H and O–H groups in total. The molecule has 0 radical (unpaired) electrons. The fourth-order valence-electron chi connectivity index (χ4n) is 6.90. The van der Waals surface area contributed by atoms with E-state index in [9.17, 15) is 19.5 Å². The molecule has 2 fully saturated rings. The summed E-state index contributed by atoms with van der Waals surface area (Å²) in [6.45, 7) is 10.7. The Kier molecular flexibility index (Phi) is 7.20. The highest BCUT2D eigenvalue weighted by molar-refractivity contribution is 6.38. The Hall–Kier alpha value is -2.03. The van der Waals surface area contributed by atoms with Gasteiger partial charge >= 0.3 is 5.97 Å². The van der Waals surface area contributed by atoms with Gasteiger partial charge in [0.05, 0.1) is 16.6 Å². The van der Waals surface area contributed by atoms with Gasteiger partial charge in [0.2, 0.25) is 5.91 Å². The molecule has 40 heavy (non-hydrogen) atoms. The summed E-state index contributed by atoms with van der Waals surface area (Å²) in [6.07, 6.45) is 0.519.